The maximum absolute atomic E-state index is 11.9. The fourth-order valence-electron chi connectivity index (χ4n) is 1.44. The number of carbonyl (C=O) groups excluding carboxylic acids is 1. The zero-order valence-corrected chi connectivity index (χ0v) is 12.3. The molecule has 0 saturated carbocycles. The van der Waals surface area contributed by atoms with Crippen LogP contribution in [-0.2, 0) is 10.3 Å². The number of carboxylic acids is 1. The van der Waals surface area contributed by atoms with E-state index in [0.717, 1.165) is 5.01 Å². The average molecular weight is 285 g/mol. The molecule has 1 rings (SSSR count). The predicted molar refractivity (Wildman–Crippen MR) is 73.1 cm³/mol. The van der Waals surface area contributed by atoms with Gasteiger partial charge in [0.25, 0.3) is 0 Å². The highest BCUT2D eigenvalue weighted by Gasteiger charge is 2.34. The summed E-state index contributed by atoms with van der Waals surface area (Å²) < 4.78 is 0. The molecule has 0 fully saturated rings. The van der Waals surface area contributed by atoms with E-state index in [9.17, 15) is 9.59 Å². The van der Waals surface area contributed by atoms with Crippen LogP contribution < -0.4 is 10.6 Å². The number of urea groups is 1. The van der Waals surface area contributed by atoms with Crippen molar-refractivity contribution in [1.82, 2.24) is 15.6 Å². The maximum Gasteiger partial charge on any atom is 0.329 e. The predicted octanol–water partition coefficient (Wildman–Crippen LogP) is 1.93. The number of hydrogen-bond acceptors (Lipinski definition) is 4. The van der Waals surface area contributed by atoms with Gasteiger partial charge in [0.2, 0.25) is 0 Å². The fourth-order valence-corrected chi connectivity index (χ4v) is 2.16. The Morgan fingerprint density at radius 3 is 2.42 bits per heavy atom. The number of rotatable bonds is 5. The lowest BCUT2D eigenvalue weighted by Crippen LogP contribution is -2.57. The van der Waals surface area contributed by atoms with Gasteiger partial charge in [-0.05, 0) is 27.2 Å². The van der Waals surface area contributed by atoms with Gasteiger partial charge in [-0.15, -0.1) is 11.3 Å². The molecule has 6 nitrogen and oxygen atoms in total. The molecule has 1 aromatic heterocycles. The van der Waals surface area contributed by atoms with E-state index in [4.69, 9.17) is 5.11 Å². The molecule has 0 aliphatic heterocycles. The molecular weight excluding hydrogens is 266 g/mol. The van der Waals surface area contributed by atoms with E-state index in [1.54, 1.807) is 13.1 Å². The minimum absolute atomic E-state index is 0.299. The summed E-state index contributed by atoms with van der Waals surface area (Å²) in [6.45, 7) is 6.82. The van der Waals surface area contributed by atoms with Gasteiger partial charge in [-0.25, -0.2) is 14.6 Å². The Balaban J connectivity index is 2.73. The molecule has 106 valence electrons. The summed E-state index contributed by atoms with van der Waals surface area (Å²) in [5, 5.41) is 16.9. The normalized spacial score (nSPS) is 14.5. The number of nitrogens with zero attached hydrogens (tertiary/aromatic N) is 1. The second kappa shape index (κ2) is 5.56. The van der Waals surface area contributed by atoms with Crippen LogP contribution in [0, 0.1) is 0 Å². The van der Waals surface area contributed by atoms with Crippen molar-refractivity contribution >= 4 is 23.3 Å². The zero-order chi connectivity index (χ0) is 14.7. The molecule has 7 heteroatoms. The number of aromatic nitrogens is 1. The van der Waals surface area contributed by atoms with Gasteiger partial charge in [0.05, 0.1) is 5.54 Å². The summed E-state index contributed by atoms with van der Waals surface area (Å²) in [5.74, 6) is -1.06. The van der Waals surface area contributed by atoms with Crippen molar-refractivity contribution in [3.05, 3.63) is 16.6 Å². The van der Waals surface area contributed by atoms with E-state index in [1.165, 1.54) is 18.3 Å². The van der Waals surface area contributed by atoms with Gasteiger partial charge in [0.1, 0.15) is 10.5 Å². The Hall–Kier alpha value is -1.63. The molecule has 0 saturated heterocycles. The van der Waals surface area contributed by atoms with Crippen LogP contribution in [0.5, 0.6) is 0 Å². The van der Waals surface area contributed by atoms with Crippen molar-refractivity contribution in [2.75, 3.05) is 0 Å². The Morgan fingerprint density at radius 1 is 1.37 bits per heavy atom. The van der Waals surface area contributed by atoms with Crippen molar-refractivity contribution in [2.24, 2.45) is 0 Å². The SMILES string of the molecule is CCC(C)(NC(=O)NC(C)(C)c1nccs1)C(=O)O. The highest BCUT2D eigenvalue weighted by molar-refractivity contribution is 7.09. The number of nitrogens with one attached hydrogen (secondary N) is 2. The van der Waals surface area contributed by atoms with Gasteiger partial charge in [-0.3, -0.25) is 0 Å². The summed E-state index contributed by atoms with van der Waals surface area (Å²) in [4.78, 5) is 27.2. The van der Waals surface area contributed by atoms with E-state index in [1.807, 2.05) is 19.2 Å². The molecule has 0 aromatic carbocycles. The number of aliphatic carboxylic acids is 1. The van der Waals surface area contributed by atoms with Gasteiger partial charge >= 0.3 is 12.0 Å². The maximum atomic E-state index is 11.9. The quantitative estimate of drug-likeness (QED) is 0.771. The molecule has 0 aliphatic carbocycles. The van der Waals surface area contributed by atoms with Crippen LogP contribution in [0.25, 0.3) is 0 Å². The van der Waals surface area contributed by atoms with E-state index in [0.29, 0.717) is 6.42 Å². The first-order valence-electron chi connectivity index (χ1n) is 5.95. The first-order chi connectivity index (χ1) is 8.71. The van der Waals surface area contributed by atoms with Crippen LogP contribution in [-0.4, -0.2) is 27.6 Å². The molecule has 1 unspecified atom stereocenters. The standard InChI is InChI=1S/C12H19N3O3S/c1-5-12(4,9(16)17)15-10(18)14-11(2,3)8-13-6-7-19-8/h6-7H,5H2,1-4H3,(H,16,17)(H2,14,15,18). The average Bonchev–Trinajstić information content (AvgIpc) is 2.81. The van der Waals surface area contributed by atoms with Gasteiger partial charge in [-0.1, -0.05) is 6.92 Å². The van der Waals surface area contributed by atoms with Gasteiger partial charge in [0.15, 0.2) is 0 Å². The Kier molecular flexibility index (Phi) is 4.52. The molecule has 0 bridgehead atoms. The highest BCUT2D eigenvalue weighted by atomic mass is 32.1. The summed E-state index contributed by atoms with van der Waals surface area (Å²) >= 11 is 1.43. The molecule has 1 atom stereocenters. The summed E-state index contributed by atoms with van der Waals surface area (Å²) in [7, 11) is 0. The lowest BCUT2D eigenvalue weighted by atomic mass is 9.99. The Bertz CT molecular complexity index is 459. The second-order valence-electron chi connectivity index (χ2n) is 5.03. The van der Waals surface area contributed by atoms with Crippen LogP contribution in [0.3, 0.4) is 0 Å². The van der Waals surface area contributed by atoms with Crippen molar-refractivity contribution in [3.63, 3.8) is 0 Å². The molecule has 1 aromatic rings. The molecular formula is C12H19N3O3S. The lowest BCUT2D eigenvalue weighted by molar-refractivity contribution is -0.143. The minimum Gasteiger partial charge on any atom is -0.480 e. The van der Waals surface area contributed by atoms with E-state index < -0.39 is 23.1 Å². The summed E-state index contributed by atoms with van der Waals surface area (Å²) in [5.41, 5.74) is -1.92. The van der Waals surface area contributed by atoms with E-state index >= 15 is 0 Å². The van der Waals surface area contributed by atoms with Crippen molar-refractivity contribution in [1.29, 1.82) is 0 Å². The third-order valence-electron chi connectivity index (χ3n) is 2.96. The molecule has 0 radical (unpaired) electrons. The number of amides is 2. The van der Waals surface area contributed by atoms with E-state index in [2.05, 4.69) is 15.6 Å². The van der Waals surface area contributed by atoms with Crippen LogP contribution in [0.1, 0.15) is 39.1 Å². The number of carbonyl (C=O) groups is 2. The summed E-state index contributed by atoms with van der Waals surface area (Å²) in [6, 6.07) is -0.521. The van der Waals surface area contributed by atoms with Crippen molar-refractivity contribution in [2.45, 2.75) is 45.2 Å². The highest BCUT2D eigenvalue weighted by Crippen LogP contribution is 2.22. The Labute approximate surface area is 116 Å². The first-order valence-corrected chi connectivity index (χ1v) is 6.83. The van der Waals surface area contributed by atoms with Gasteiger partial charge in [-0.2, -0.15) is 0 Å². The first kappa shape index (κ1) is 15.4. The zero-order valence-electron chi connectivity index (χ0n) is 11.5. The van der Waals surface area contributed by atoms with Crippen LogP contribution in [0.4, 0.5) is 4.79 Å². The smallest absolute Gasteiger partial charge is 0.329 e. The van der Waals surface area contributed by atoms with E-state index in [-0.39, 0.29) is 0 Å². The fraction of sp³-hybridized carbons (Fsp3) is 0.583. The number of carboxylic acid groups (broad SMARTS) is 1. The summed E-state index contributed by atoms with van der Waals surface area (Å²) in [6.07, 6.45) is 1.96. The topological polar surface area (TPSA) is 91.3 Å². The largest absolute Gasteiger partial charge is 0.480 e. The molecule has 1 heterocycles. The van der Waals surface area contributed by atoms with Gasteiger partial charge < -0.3 is 15.7 Å². The van der Waals surface area contributed by atoms with Crippen LogP contribution in [0.15, 0.2) is 11.6 Å². The molecule has 3 N–H and O–H groups in total. The van der Waals surface area contributed by atoms with Crippen LogP contribution >= 0.6 is 11.3 Å². The lowest BCUT2D eigenvalue weighted by Gasteiger charge is -2.29. The number of hydrogen-bond donors (Lipinski definition) is 3. The van der Waals surface area contributed by atoms with Gasteiger partial charge in [0, 0.05) is 11.6 Å². The molecule has 19 heavy (non-hydrogen) atoms. The second-order valence-corrected chi connectivity index (χ2v) is 5.93. The number of thiazole rings is 1. The minimum atomic E-state index is -1.27. The van der Waals surface area contributed by atoms with Crippen molar-refractivity contribution < 1.29 is 14.7 Å². The third-order valence-corrected chi connectivity index (χ3v) is 4.06. The molecule has 2 amide bonds. The van der Waals surface area contributed by atoms with Crippen LogP contribution in [0.2, 0.25) is 0 Å². The van der Waals surface area contributed by atoms with Crippen molar-refractivity contribution in [3.8, 4) is 0 Å². The Morgan fingerprint density at radius 2 is 2.00 bits per heavy atom. The monoisotopic (exact) mass is 285 g/mol. The molecule has 0 spiro atoms. The third kappa shape index (κ3) is 3.66. The molecule has 0 aliphatic rings.